The van der Waals surface area contributed by atoms with Gasteiger partial charge in [0.15, 0.2) is 0 Å². The molecule has 3 unspecified atom stereocenters. The topological polar surface area (TPSA) is 15.3 Å². The summed E-state index contributed by atoms with van der Waals surface area (Å²) in [4.78, 5) is 2.76. The van der Waals surface area contributed by atoms with Crippen molar-refractivity contribution in [2.24, 2.45) is 11.8 Å². The molecule has 0 bridgehead atoms. The third-order valence-electron chi connectivity index (χ3n) is 4.35. The predicted octanol–water partition coefficient (Wildman–Crippen LogP) is 2.11. The number of nitrogens with zero attached hydrogens (tertiary/aromatic N) is 1. The highest BCUT2D eigenvalue weighted by molar-refractivity contribution is 4.88. The van der Waals surface area contributed by atoms with E-state index < -0.39 is 0 Å². The van der Waals surface area contributed by atoms with Gasteiger partial charge in [-0.2, -0.15) is 0 Å². The third-order valence-corrected chi connectivity index (χ3v) is 4.35. The number of nitrogens with one attached hydrogen (secondary N) is 1. The van der Waals surface area contributed by atoms with Crippen LogP contribution in [0, 0.1) is 11.8 Å². The lowest BCUT2D eigenvalue weighted by molar-refractivity contribution is 0.174. The number of hydrogen-bond donors (Lipinski definition) is 1. The average Bonchev–Trinajstić information content (AvgIpc) is 2.61. The molecule has 0 aromatic rings. The fourth-order valence-corrected chi connectivity index (χ4v) is 3.18. The van der Waals surface area contributed by atoms with Crippen molar-refractivity contribution in [1.29, 1.82) is 0 Å². The van der Waals surface area contributed by atoms with Gasteiger partial charge in [-0.05, 0) is 50.7 Å². The van der Waals surface area contributed by atoms with E-state index in [9.17, 15) is 0 Å². The molecule has 0 aromatic heterocycles. The van der Waals surface area contributed by atoms with Gasteiger partial charge in [0.2, 0.25) is 0 Å². The van der Waals surface area contributed by atoms with Crippen LogP contribution < -0.4 is 5.32 Å². The zero-order valence-corrected chi connectivity index (χ0v) is 10.3. The second-order valence-corrected chi connectivity index (χ2v) is 5.47. The van der Waals surface area contributed by atoms with Crippen molar-refractivity contribution in [2.45, 2.75) is 45.6 Å². The van der Waals surface area contributed by atoms with Crippen LogP contribution in [-0.2, 0) is 0 Å². The molecule has 1 N–H and O–H groups in total. The Labute approximate surface area is 94.4 Å². The van der Waals surface area contributed by atoms with Gasteiger partial charge < -0.3 is 5.32 Å². The minimum absolute atomic E-state index is 0.834. The summed E-state index contributed by atoms with van der Waals surface area (Å²) in [6.45, 7) is 9.90. The molecule has 2 heterocycles. The van der Waals surface area contributed by atoms with E-state index in [4.69, 9.17) is 0 Å². The first-order chi connectivity index (χ1) is 7.31. The van der Waals surface area contributed by atoms with E-state index in [0.717, 1.165) is 17.9 Å². The van der Waals surface area contributed by atoms with Gasteiger partial charge in [-0.15, -0.1) is 0 Å². The lowest BCUT2D eigenvalue weighted by Crippen LogP contribution is -2.41. The summed E-state index contributed by atoms with van der Waals surface area (Å²) in [5.74, 6) is 1.85. The molecule has 2 nitrogen and oxygen atoms in total. The Morgan fingerprint density at radius 3 is 2.87 bits per heavy atom. The molecule has 0 aromatic carbocycles. The molecule has 2 rings (SSSR count). The first kappa shape index (κ1) is 11.4. The van der Waals surface area contributed by atoms with Crippen LogP contribution in [0.3, 0.4) is 0 Å². The summed E-state index contributed by atoms with van der Waals surface area (Å²) in [6, 6.07) is 0.834. The second-order valence-electron chi connectivity index (χ2n) is 5.47. The Bertz CT molecular complexity index is 193. The van der Waals surface area contributed by atoms with Crippen molar-refractivity contribution in [3.8, 4) is 0 Å². The minimum Gasteiger partial charge on any atom is -0.315 e. The number of rotatable bonds is 2. The summed E-state index contributed by atoms with van der Waals surface area (Å²) >= 11 is 0. The lowest BCUT2D eigenvalue weighted by Gasteiger charge is -2.31. The summed E-state index contributed by atoms with van der Waals surface area (Å²) in [5.41, 5.74) is 0. The number of likely N-dealkylation sites (tertiary alicyclic amines) is 1. The average molecular weight is 210 g/mol. The van der Waals surface area contributed by atoms with Gasteiger partial charge in [-0.25, -0.2) is 0 Å². The van der Waals surface area contributed by atoms with E-state index in [2.05, 4.69) is 24.1 Å². The van der Waals surface area contributed by atoms with Crippen molar-refractivity contribution in [1.82, 2.24) is 10.2 Å². The standard InChI is InChI=1S/C13H26N2/c1-3-12-9-14-10-13(12)15-7-4-5-11(2)6-8-15/h11-14H,3-10H2,1-2H3. The zero-order chi connectivity index (χ0) is 10.7. The third kappa shape index (κ3) is 2.73. The molecule has 0 spiro atoms. The molecule has 0 aliphatic carbocycles. The molecule has 2 heteroatoms. The molecule has 88 valence electrons. The summed E-state index contributed by atoms with van der Waals surface area (Å²) in [7, 11) is 0. The van der Waals surface area contributed by atoms with Gasteiger partial charge in [0, 0.05) is 12.6 Å². The smallest absolute Gasteiger partial charge is 0.0260 e. The van der Waals surface area contributed by atoms with E-state index in [-0.39, 0.29) is 0 Å². The first-order valence-electron chi connectivity index (χ1n) is 6.76. The normalized spacial score (nSPS) is 39.2. The molecular weight excluding hydrogens is 184 g/mol. The zero-order valence-electron chi connectivity index (χ0n) is 10.3. The van der Waals surface area contributed by atoms with Crippen molar-refractivity contribution < 1.29 is 0 Å². The Hall–Kier alpha value is -0.0800. The van der Waals surface area contributed by atoms with Crippen LogP contribution in [0.2, 0.25) is 0 Å². The lowest BCUT2D eigenvalue weighted by atomic mass is 9.99. The molecule has 2 aliphatic heterocycles. The molecule has 2 fully saturated rings. The van der Waals surface area contributed by atoms with Gasteiger partial charge in [-0.3, -0.25) is 4.90 Å². The molecule has 3 atom stereocenters. The quantitative estimate of drug-likeness (QED) is 0.751. The minimum atomic E-state index is 0.834. The van der Waals surface area contributed by atoms with Crippen LogP contribution >= 0.6 is 0 Å². The maximum atomic E-state index is 3.56. The van der Waals surface area contributed by atoms with E-state index in [1.807, 2.05) is 0 Å². The Kier molecular flexibility index (Phi) is 4.04. The summed E-state index contributed by atoms with van der Waals surface area (Å²) < 4.78 is 0. The molecule has 0 saturated carbocycles. The second kappa shape index (κ2) is 5.31. The van der Waals surface area contributed by atoms with Crippen LogP contribution in [-0.4, -0.2) is 37.1 Å². The van der Waals surface area contributed by atoms with Crippen LogP contribution in [0.4, 0.5) is 0 Å². The fraction of sp³-hybridized carbons (Fsp3) is 1.00. The van der Waals surface area contributed by atoms with E-state index in [0.29, 0.717) is 0 Å². The largest absolute Gasteiger partial charge is 0.315 e. The van der Waals surface area contributed by atoms with Crippen LogP contribution in [0.1, 0.15) is 39.5 Å². The van der Waals surface area contributed by atoms with Gasteiger partial charge in [0.25, 0.3) is 0 Å². The Balaban J connectivity index is 1.91. The number of hydrogen-bond acceptors (Lipinski definition) is 2. The van der Waals surface area contributed by atoms with Crippen molar-refractivity contribution in [3.63, 3.8) is 0 Å². The van der Waals surface area contributed by atoms with Crippen LogP contribution in [0.25, 0.3) is 0 Å². The highest BCUT2D eigenvalue weighted by Crippen LogP contribution is 2.24. The van der Waals surface area contributed by atoms with E-state index in [1.165, 1.54) is 51.9 Å². The molecule has 0 amide bonds. The van der Waals surface area contributed by atoms with Gasteiger partial charge in [0.1, 0.15) is 0 Å². The van der Waals surface area contributed by atoms with Gasteiger partial charge >= 0.3 is 0 Å². The van der Waals surface area contributed by atoms with Crippen molar-refractivity contribution in [3.05, 3.63) is 0 Å². The monoisotopic (exact) mass is 210 g/mol. The highest BCUT2D eigenvalue weighted by atomic mass is 15.2. The molecule has 0 radical (unpaired) electrons. The first-order valence-corrected chi connectivity index (χ1v) is 6.76. The summed E-state index contributed by atoms with van der Waals surface area (Å²) in [6.07, 6.45) is 5.60. The molecular formula is C13H26N2. The Morgan fingerprint density at radius 2 is 2.07 bits per heavy atom. The molecule has 2 aliphatic rings. The SMILES string of the molecule is CCC1CNCC1N1CCCC(C)CC1. The highest BCUT2D eigenvalue weighted by Gasteiger charge is 2.31. The van der Waals surface area contributed by atoms with Crippen LogP contribution in [0.5, 0.6) is 0 Å². The van der Waals surface area contributed by atoms with E-state index >= 15 is 0 Å². The van der Waals surface area contributed by atoms with Gasteiger partial charge in [-0.1, -0.05) is 20.3 Å². The maximum Gasteiger partial charge on any atom is 0.0260 e. The van der Waals surface area contributed by atoms with Crippen molar-refractivity contribution >= 4 is 0 Å². The van der Waals surface area contributed by atoms with E-state index in [1.54, 1.807) is 0 Å². The molecule has 2 saturated heterocycles. The summed E-state index contributed by atoms with van der Waals surface area (Å²) in [5, 5.41) is 3.56. The predicted molar refractivity (Wildman–Crippen MR) is 65.0 cm³/mol. The Morgan fingerprint density at radius 1 is 1.20 bits per heavy atom. The molecule has 15 heavy (non-hydrogen) atoms. The fourth-order valence-electron chi connectivity index (χ4n) is 3.18. The van der Waals surface area contributed by atoms with Crippen LogP contribution in [0.15, 0.2) is 0 Å². The van der Waals surface area contributed by atoms with Crippen molar-refractivity contribution in [2.75, 3.05) is 26.2 Å². The van der Waals surface area contributed by atoms with Gasteiger partial charge in [0.05, 0.1) is 0 Å². The maximum absolute atomic E-state index is 3.56.